The van der Waals surface area contributed by atoms with Crippen molar-refractivity contribution in [2.24, 2.45) is 0 Å². The highest BCUT2D eigenvalue weighted by molar-refractivity contribution is 7.03. The lowest BCUT2D eigenvalue weighted by molar-refractivity contribution is -0.150. The average Bonchev–Trinajstić information content (AvgIpc) is 3.20. The maximum atomic E-state index is 7.51. The van der Waals surface area contributed by atoms with E-state index in [1.54, 1.807) is 0 Å². The molecule has 3 nitrogen and oxygen atoms in total. The predicted octanol–water partition coefficient (Wildman–Crippen LogP) is 5.78. The summed E-state index contributed by atoms with van der Waals surface area (Å²) in [7, 11) is -9.67. The lowest BCUT2D eigenvalue weighted by Crippen LogP contribution is -2.69. The van der Waals surface area contributed by atoms with Crippen LogP contribution in [0.1, 0.15) is 0 Å². The van der Waals surface area contributed by atoms with Gasteiger partial charge in [0.25, 0.3) is 25.0 Å². The molecule has 0 amide bonds. The molecule has 6 heteroatoms. The van der Waals surface area contributed by atoms with Crippen molar-refractivity contribution in [2.45, 2.75) is 6.48 Å². The van der Waals surface area contributed by atoms with Crippen LogP contribution < -0.4 is 31.1 Å². The van der Waals surface area contributed by atoms with E-state index in [1.807, 2.05) is 126 Å². The van der Waals surface area contributed by atoms with E-state index in [-0.39, 0.29) is 0 Å². The van der Waals surface area contributed by atoms with Gasteiger partial charge in [0.1, 0.15) is 0 Å². The van der Waals surface area contributed by atoms with Gasteiger partial charge in [-0.3, -0.25) is 0 Å². The van der Waals surface area contributed by atoms with Gasteiger partial charge < -0.3 is 13.3 Å². The Hall–Kier alpha value is -4.93. The Bertz CT molecular complexity index is 1590. The van der Waals surface area contributed by atoms with E-state index in [2.05, 4.69) is 92.5 Å². The third-order valence-electron chi connectivity index (χ3n) is 8.92. The molecule has 0 aliphatic heterocycles. The number of hydrogen-bond acceptors (Lipinski definition) is 3. The largest absolute Gasteiger partial charge is 0.359 e. The zero-order valence-electron chi connectivity index (χ0n) is 27.5. The van der Waals surface area contributed by atoms with Crippen molar-refractivity contribution >= 4 is 56.1 Å². The number of benzene rings is 6. The summed E-state index contributed by atoms with van der Waals surface area (Å²) in [6.45, 7) is 12.1. The second-order valence-corrected chi connectivity index (χ2v) is 21.5. The third kappa shape index (κ3) is 6.84. The van der Waals surface area contributed by atoms with E-state index in [9.17, 15) is 0 Å². The van der Waals surface area contributed by atoms with Crippen molar-refractivity contribution < 1.29 is 13.3 Å². The van der Waals surface area contributed by atoms with Crippen LogP contribution >= 0.6 is 0 Å². The Morgan fingerprint density at radius 3 is 0.612 bits per heavy atom. The Kier molecular flexibility index (Phi) is 10.8. The predicted molar refractivity (Wildman–Crippen MR) is 211 cm³/mol. The van der Waals surface area contributed by atoms with Gasteiger partial charge >= 0.3 is 0 Å². The SMILES string of the molecule is C=C[Si](OC(O[Si](C=C)(c1ccccc1)c1ccccc1)O[Si](C=C)(c1ccccc1)c1ccccc1)(c1ccccc1)c1ccccc1. The molecule has 0 radical (unpaired) electrons. The molecule has 0 saturated carbocycles. The third-order valence-corrected chi connectivity index (χ3v) is 19.5. The lowest BCUT2D eigenvalue weighted by atomic mass is 10.4. The molecule has 0 aromatic heterocycles. The van der Waals surface area contributed by atoms with Gasteiger partial charge in [0.05, 0.1) is 0 Å². The molecule has 0 unspecified atom stereocenters. The fourth-order valence-corrected chi connectivity index (χ4v) is 15.5. The van der Waals surface area contributed by atoms with Crippen molar-refractivity contribution in [3.63, 3.8) is 0 Å². The smallest absolute Gasteiger partial charge is 0.286 e. The molecule has 49 heavy (non-hydrogen) atoms. The number of rotatable bonds is 15. The molecule has 0 atom stereocenters. The summed E-state index contributed by atoms with van der Waals surface area (Å²) in [6.07, 6.45) is 0. The highest BCUT2D eigenvalue weighted by atomic mass is 28.4. The molecule has 0 saturated heterocycles. The molecule has 6 rings (SSSR count). The first kappa shape index (κ1) is 34.0. The summed E-state index contributed by atoms with van der Waals surface area (Å²) >= 11 is 0. The normalized spacial score (nSPS) is 11.9. The first-order chi connectivity index (χ1) is 24.1. The maximum Gasteiger partial charge on any atom is 0.286 e. The first-order valence-electron chi connectivity index (χ1n) is 16.4. The van der Waals surface area contributed by atoms with Gasteiger partial charge in [-0.25, -0.2) is 0 Å². The molecular formula is C43H40O3Si3. The summed E-state index contributed by atoms with van der Waals surface area (Å²) in [5.74, 6) is 0. The summed E-state index contributed by atoms with van der Waals surface area (Å²) in [4.78, 5) is 0. The van der Waals surface area contributed by atoms with Crippen LogP contribution in [-0.2, 0) is 13.3 Å². The molecule has 0 N–H and O–H groups in total. The van der Waals surface area contributed by atoms with Crippen LogP contribution in [0, 0.1) is 0 Å². The average molecular weight is 689 g/mol. The molecule has 242 valence electrons. The zero-order valence-corrected chi connectivity index (χ0v) is 30.5. The van der Waals surface area contributed by atoms with Crippen molar-refractivity contribution in [2.75, 3.05) is 0 Å². The highest BCUT2D eigenvalue weighted by Crippen LogP contribution is 2.23. The van der Waals surface area contributed by atoms with Gasteiger partial charge in [-0.2, -0.15) is 0 Å². The zero-order chi connectivity index (χ0) is 34.0. The van der Waals surface area contributed by atoms with E-state index >= 15 is 0 Å². The molecule has 0 bridgehead atoms. The molecule has 0 fully saturated rings. The Labute approximate surface area is 293 Å². The van der Waals surface area contributed by atoms with Gasteiger partial charge in [-0.05, 0) is 31.1 Å². The minimum atomic E-state index is -3.22. The van der Waals surface area contributed by atoms with Crippen molar-refractivity contribution in [1.29, 1.82) is 0 Å². The van der Waals surface area contributed by atoms with E-state index in [1.165, 1.54) is 0 Å². The minimum absolute atomic E-state index is 1.03. The molecule has 0 spiro atoms. The summed E-state index contributed by atoms with van der Waals surface area (Å²) < 4.78 is 22.5. The summed E-state index contributed by atoms with van der Waals surface area (Å²) in [5, 5.41) is 6.19. The number of hydrogen-bond donors (Lipinski definition) is 0. The molecular weight excluding hydrogens is 649 g/mol. The van der Waals surface area contributed by atoms with Crippen LogP contribution in [0.5, 0.6) is 0 Å². The van der Waals surface area contributed by atoms with Gasteiger partial charge in [0.2, 0.25) is 6.48 Å². The Morgan fingerprint density at radius 1 is 0.306 bits per heavy atom. The van der Waals surface area contributed by atoms with E-state index < -0.39 is 31.4 Å². The molecule has 6 aromatic carbocycles. The first-order valence-corrected chi connectivity index (χ1v) is 22.3. The quantitative estimate of drug-likeness (QED) is 0.101. The van der Waals surface area contributed by atoms with Gasteiger partial charge in [0.15, 0.2) is 0 Å². The van der Waals surface area contributed by atoms with E-state index in [4.69, 9.17) is 13.3 Å². The van der Waals surface area contributed by atoms with Crippen molar-refractivity contribution in [1.82, 2.24) is 0 Å². The second kappa shape index (κ2) is 15.5. The fraction of sp³-hybridized carbons (Fsp3) is 0.0233. The Balaban J connectivity index is 1.61. The fourth-order valence-electron chi connectivity index (χ4n) is 6.40. The van der Waals surface area contributed by atoms with Crippen molar-refractivity contribution in [3.05, 3.63) is 219 Å². The molecule has 6 aromatic rings. The lowest BCUT2D eigenvalue weighted by Gasteiger charge is -2.42. The summed E-state index contributed by atoms with van der Waals surface area (Å²) in [6, 6.07) is 61.9. The molecule has 0 heterocycles. The molecule has 0 aliphatic carbocycles. The van der Waals surface area contributed by atoms with Crippen LogP contribution in [0.15, 0.2) is 219 Å². The van der Waals surface area contributed by atoms with Crippen molar-refractivity contribution in [3.8, 4) is 0 Å². The maximum absolute atomic E-state index is 7.51. The van der Waals surface area contributed by atoms with Crippen LogP contribution in [0.2, 0.25) is 0 Å². The minimum Gasteiger partial charge on any atom is -0.359 e. The van der Waals surface area contributed by atoms with E-state index in [0.717, 1.165) is 31.1 Å². The standard InChI is InChI=1S/C43H40O3Si3/c1-4-47(37-25-13-7-14-26-37,38-27-15-8-16-28-38)44-43(45-48(5-2,39-29-17-9-18-30-39)40-31-19-10-20-32-40)46-49(6-3,41-33-21-11-22-34-41)42-35-23-12-24-36-42/h4-36,43H,1-3H2. The second-order valence-electron chi connectivity index (χ2n) is 11.7. The van der Waals surface area contributed by atoms with Crippen LogP contribution in [0.25, 0.3) is 0 Å². The van der Waals surface area contributed by atoms with E-state index in [0.29, 0.717) is 0 Å². The van der Waals surface area contributed by atoms with Gasteiger partial charge in [0, 0.05) is 0 Å². The summed E-state index contributed by atoms with van der Waals surface area (Å²) in [5.41, 5.74) is 5.92. The van der Waals surface area contributed by atoms with Crippen LogP contribution in [-0.4, -0.2) is 31.4 Å². The van der Waals surface area contributed by atoms with Gasteiger partial charge in [-0.15, -0.1) is 19.7 Å². The van der Waals surface area contributed by atoms with Crippen LogP contribution in [0.4, 0.5) is 0 Å². The monoisotopic (exact) mass is 688 g/mol. The topological polar surface area (TPSA) is 27.7 Å². The van der Waals surface area contributed by atoms with Crippen LogP contribution in [0.3, 0.4) is 0 Å². The molecule has 0 aliphatic rings. The highest BCUT2D eigenvalue weighted by Gasteiger charge is 2.48. The van der Waals surface area contributed by atoms with Gasteiger partial charge in [-0.1, -0.05) is 199 Å². The Morgan fingerprint density at radius 2 is 0.469 bits per heavy atom.